The second kappa shape index (κ2) is 6.96. The van der Waals surface area contributed by atoms with E-state index in [0.29, 0.717) is 5.56 Å². The lowest BCUT2D eigenvalue weighted by Gasteiger charge is -2.09. The van der Waals surface area contributed by atoms with Crippen molar-refractivity contribution in [2.45, 2.75) is 29.6 Å². The van der Waals surface area contributed by atoms with Crippen LogP contribution in [0, 0.1) is 11.3 Å². The van der Waals surface area contributed by atoms with Crippen LogP contribution in [0.1, 0.15) is 23.6 Å². The van der Waals surface area contributed by atoms with E-state index < -0.39 is 5.97 Å². The molecule has 2 aromatic carbocycles. The Labute approximate surface area is 128 Å². The van der Waals surface area contributed by atoms with Gasteiger partial charge >= 0.3 is 5.97 Å². The Hall–Kier alpha value is -2.25. The van der Waals surface area contributed by atoms with Crippen LogP contribution in [-0.2, 0) is 17.6 Å². The number of benzene rings is 2. The standard InChI is InChI=1S/C17H15NO2S/c1-2-14-9-13(10-17(19)20)5-8-16(14)21-15-6-3-12(11-18)4-7-15/h3-9H,2,10H2,1H3,(H,19,20). The number of rotatable bonds is 5. The van der Waals surface area contributed by atoms with Gasteiger partial charge in [0.15, 0.2) is 0 Å². The molecule has 0 aliphatic heterocycles. The normalized spacial score (nSPS) is 10.1. The van der Waals surface area contributed by atoms with Crippen molar-refractivity contribution in [1.29, 1.82) is 5.26 Å². The molecular weight excluding hydrogens is 282 g/mol. The van der Waals surface area contributed by atoms with Crippen LogP contribution >= 0.6 is 11.8 Å². The van der Waals surface area contributed by atoms with Gasteiger partial charge in [-0.2, -0.15) is 5.26 Å². The van der Waals surface area contributed by atoms with Crippen LogP contribution in [0.4, 0.5) is 0 Å². The molecule has 0 aliphatic carbocycles. The number of carboxylic acids is 1. The second-order valence-corrected chi connectivity index (χ2v) is 5.72. The smallest absolute Gasteiger partial charge is 0.307 e. The SMILES string of the molecule is CCc1cc(CC(=O)O)ccc1Sc1ccc(C#N)cc1. The lowest BCUT2D eigenvalue weighted by molar-refractivity contribution is -0.136. The second-order valence-electron chi connectivity index (χ2n) is 4.60. The van der Waals surface area contributed by atoms with Gasteiger partial charge in [0.05, 0.1) is 18.1 Å². The van der Waals surface area contributed by atoms with Crippen LogP contribution < -0.4 is 0 Å². The van der Waals surface area contributed by atoms with E-state index >= 15 is 0 Å². The molecule has 2 aromatic rings. The number of hydrogen-bond acceptors (Lipinski definition) is 3. The highest BCUT2D eigenvalue weighted by molar-refractivity contribution is 7.99. The fraction of sp³-hybridized carbons (Fsp3) is 0.176. The van der Waals surface area contributed by atoms with E-state index in [1.165, 1.54) is 0 Å². The van der Waals surface area contributed by atoms with E-state index in [9.17, 15) is 4.79 Å². The predicted molar refractivity (Wildman–Crippen MR) is 82.4 cm³/mol. The maximum absolute atomic E-state index is 10.8. The Morgan fingerprint density at radius 2 is 1.95 bits per heavy atom. The van der Waals surface area contributed by atoms with Gasteiger partial charge in [0, 0.05) is 9.79 Å². The van der Waals surface area contributed by atoms with Crippen molar-refractivity contribution in [3.63, 3.8) is 0 Å². The Balaban J connectivity index is 2.22. The molecule has 0 aliphatic rings. The summed E-state index contributed by atoms with van der Waals surface area (Å²) in [6.45, 7) is 2.06. The van der Waals surface area contributed by atoms with Gasteiger partial charge < -0.3 is 5.11 Å². The van der Waals surface area contributed by atoms with Gasteiger partial charge in [0.2, 0.25) is 0 Å². The minimum absolute atomic E-state index is 0.0504. The molecule has 106 valence electrons. The monoisotopic (exact) mass is 297 g/mol. The summed E-state index contributed by atoms with van der Waals surface area (Å²) >= 11 is 1.63. The topological polar surface area (TPSA) is 61.1 Å². The summed E-state index contributed by atoms with van der Waals surface area (Å²) in [6.07, 6.45) is 0.904. The van der Waals surface area contributed by atoms with Crippen molar-refractivity contribution in [2.24, 2.45) is 0 Å². The first-order chi connectivity index (χ1) is 10.1. The van der Waals surface area contributed by atoms with Gasteiger partial charge in [-0.3, -0.25) is 4.79 Å². The zero-order chi connectivity index (χ0) is 15.2. The molecule has 0 heterocycles. The number of aliphatic carboxylic acids is 1. The molecule has 0 atom stereocenters. The lowest BCUT2D eigenvalue weighted by Crippen LogP contribution is -2.01. The minimum atomic E-state index is -0.815. The molecule has 0 unspecified atom stereocenters. The average molecular weight is 297 g/mol. The summed E-state index contributed by atoms with van der Waals surface area (Å²) in [7, 11) is 0. The summed E-state index contributed by atoms with van der Waals surface area (Å²) in [4.78, 5) is 13.0. The first kappa shape index (κ1) is 15.1. The van der Waals surface area contributed by atoms with Crippen LogP contribution in [0.3, 0.4) is 0 Å². The summed E-state index contributed by atoms with van der Waals surface area (Å²) < 4.78 is 0. The van der Waals surface area contributed by atoms with E-state index in [0.717, 1.165) is 27.3 Å². The molecule has 1 N–H and O–H groups in total. The molecule has 0 radical (unpaired) electrons. The van der Waals surface area contributed by atoms with Gasteiger partial charge in [-0.1, -0.05) is 30.8 Å². The third-order valence-electron chi connectivity index (χ3n) is 3.07. The fourth-order valence-electron chi connectivity index (χ4n) is 2.02. The maximum atomic E-state index is 10.8. The predicted octanol–water partition coefficient (Wildman–Crippen LogP) is 3.90. The van der Waals surface area contributed by atoms with E-state index in [2.05, 4.69) is 13.0 Å². The van der Waals surface area contributed by atoms with Gasteiger partial charge in [-0.05, 0) is 47.9 Å². The van der Waals surface area contributed by atoms with E-state index in [1.54, 1.807) is 23.9 Å². The van der Waals surface area contributed by atoms with Gasteiger partial charge in [0.1, 0.15) is 0 Å². The number of carboxylic acid groups (broad SMARTS) is 1. The van der Waals surface area contributed by atoms with E-state index in [-0.39, 0.29) is 6.42 Å². The van der Waals surface area contributed by atoms with Crippen LogP contribution in [0.25, 0.3) is 0 Å². The molecule has 21 heavy (non-hydrogen) atoms. The number of aryl methyl sites for hydroxylation is 1. The van der Waals surface area contributed by atoms with Crippen LogP contribution in [-0.4, -0.2) is 11.1 Å². The molecule has 3 nitrogen and oxygen atoms in total. The van der Waals surface area contributed by atoms with Crippen molar-refractivity contribution in [2.75, 3.05) is 0 Å². The Morgan fingerprint density at radius 3 is 2.52 bits per heavy atom. The van der Waals surface area contributed by atoms with Crippen molar-refractivity contribution in [3.8, 4) is 6.07 Å². The van der Waals surface area contributed by atoms with Crippen LogP contribution in [0.2, 0.25) is 0 Å². The third-order valence-corrected chi connectivity index (χ3v) is 4.20. The Morgan fingerprint density at radius 1 is 1.24 bits per heavy atom. The van der Waals surface area contributed by atoms with Gasteiger partial charge in [-0.25, -0.2) is 0 Å². The molecule has 0 fully saturated rings. The lowest BCUT2D eigenvalue weighted by atomic mass is 10.1. The summed E-state index contributed by atoms with van der Waals surface area (Å²) in [5.41, 5.74) is 2.61. The minimum Gasteiger partial charge on any atom is -0.481 e. The number of nitrogens with zero attached hydrogens (tertiary/aromatic N) is 1. The maximum Gasteiger partial charge on any atom is 0.307 e. The number of hydrogen-bond donors (Lipinski definition) is 1. The highest BCUT2D eigenvalue weighted by Gasteiger charge is 2.07. The molecule has 0 saturated carbocycles. The number of carbonyl (C=O) groups is 1. The molecule has 0 spiro atoms. The van der Waals surface area contributed by atoms with Gasteiger partial charge in [0.25, 0.3) is 0 Å². The zero-order valence-electron chi connectivity index (χ0n) is 11.7. The molecule has 0 amide bonds. The summed E-state index contributed by atoms with van der Waals surface area (Å²) in [5.74, 6) is -0.815. The first-order valence-corrected chi connectivity index (χ1v) is 7.45. The molecule has 0 saturated heterocycles. The van der Waals surface area contributed by atoms with Crippen molar-refractivity contribution < 1.29 is 9.90 Å². The number of nitriles is 1. The third kappa shape index (κ3) is 4.11. The van der Waals surface area contributed by atoms with Crippen molar-refractivity contribution in [3.05, 3.63) is 59.2 Å². The highest BCUT2D eigenvalue weighted by Crippen LogP contribution is 2.31. The largest absolute Gasteiger partial charge is 0.481 e. The Kier molecular flexibility index (Phi) is 5.02. The van der Waals surface area contributed by atoms with Gasteiger partial charge in [-0.15, -0.1) is 0 Å². The molecule has 0 bridgehead atoms. The molecular formula is C17H15NO2S. The average Bonchev–Trinajstić information content (AvgIpc) is 2.49. The summed E-state index contributed by atoms with van der Waals surface area (Å²) in [6, 6.07) is 15.3. The highest BCUT2D eigenvalue weighted by atomic mass is 32.2. The molecule has 2 rings (SSSR count). The van der Waals surface area contributed by atoms with Crippen molar-refractivity contribution >= 4 is 17.7 Å². The van der Waals surface area contributed by atoms with Crippen molar-refractivity contribution in [1.82, 2.24) is 0 Å². The quantitative estimate of drug-likeness (QED) is 0.909. The van der Waals surface area contributed by atoms with Crippen LogP contribution in [0.15, 0.2) is 52.3 Å². The van der Waals surface area contributed by atoms with E-state index in [1.807, 2.05) is 30.3 Å². The Bertz CT molecular complexity index is 687. The fourth-order valence-corrected chi connectivity index (χ4v) is 3.01. The van der Waals surface area contributed by atoms with E-state index in [4.69, 9.17) is 10.4 Å². The zero-order valence-corrected chi connectivity index (χ0v) is 12.5. The van der Waals surface area contributed by atoms with Crippen LogP contribution in [0.5, 0.6) is 0 Å². The molecule has 0 aromatic heterocycles. The molecule has 4 heteroatoms. The first-order valence-electron chi connectivity index (χ1n) is 6.64. The summed E-state index contributed by atoms with van der Waals surface area (Å²) in [5, 5.41) is 17.7.